The van der Waals surface area contributed by atoms with Gasteiger partial charge in [0.1, 0.15) is 24.9 Å². The van der Waals surface area contributed by atoms with Gasteiger partial charge in [0.05, 0.1) is 6.61 Å². The Hall–Kier alpha value is -3.09. The van der Waals surface area contributed by atoms with Gasteiger partial charge < -0.3 is 39.4 Å². The Balaban J connectivity index is 2.48. The fraction of sp³-hybridized carbons (Fsp3) is 0.683. The molecule has 1 saturated heterocycles. The quantitative estimate of drug-likeness (QED) is 0.0335. The number of rotatable bonds is 30. The Kier molecular flexibility index (Phi) is 28.4. The molecule has 0 aromatic rings. The summed E-state index contributed by atoms with van der Waals surface area (Å²) in [5.74, 6) is -2.51. The third kappa shape index (κ3) is 23.5. The van der Waals surface area contributed by atoms with Gasteiger partial charge in [-0.1, -0.05) is 107 Å². The number of esters is 2. The van der Waals surface area contributed by atoms with E-state index in [9.17, 15) is 34.8 Å². The highest BCUT2D eigenvalue weighted by Crippen LogP contribution is 2.23. The Bertz CT molecular complexity index is 1100. The third-order valence-corrected chi connectivity index (χ3v) is 8.33. The standard InChI is InChI=1S/C41H66O11/c1-3-5-7-9-11-13-15-17-19-21-23-25-27-29-34(42)49-31-33(32-50-41-38(46)36(44)37(45)39(52-41)40(47)48)51-35(43)30-28-26-24-22-20-18-16-14-12-10-8-6-4-2/h5,7-8,10-11,13-14,16-17,19,33,36-39,41,44-46H,3-4,6,9,12,15,18,20-32H2,1-2H3,(H,47,48)/b7-5-,10-8-,13-11-,16-14-,19-17-. The van der Waals surface area contributed by atoms with Crippen LogP contribution in [0.5, 0.6) is 0 Å². The van der Waals surface area contributed by atoms with Gasteiger partial charge in [0.15, 0.2) is 18.5 Å². The molecule has 0 aromatic carbocycles. The zero-order valence-corrected chi connectivity index (χ0v) is 31.5. The van der Waals surface area contributed by atoms with Crippen LogP contribution in [-0.4, -0.2) is 88.4 Å². The molecule has 0 aromatic heterocycles. The molecule has 296 valence electrons. The Labute approximate surface area is 311 Å². The number of carbonyl (C=O) groups is 3. The molecule has 0 aliphatic carbocycles. The first-order valence-electron chi connectivity index (χ1n) is 19.3. The molecule has 1 rings (SSSR count). The van der Waals surface area contributed by atoms with E-state index in [1.54, 1.807) is 0 Å². The van der Waals surface area contributed by atoms with Gasteiger partial charge in [-0.05, 0) is 70.6 Å². The van der Waals surface area contributed by atoms with E-state index in [0.29, 0.717) is 12.8 Å². The molecule has 0 bridgehead atoms. The van der Waals surface area contributed by atoms with Crippen molar-refractivity contribution in [2.75, 3.05) is 13.2 Å². The number of unbranched alkanes of at least 4 members (excludes halogenated alkanes) is 9. The SMILES string of the molecule is CC/C=C\C/C=C\C/C=C\CCCCCC(=O)OCC(COC1OC(C(=O)O)C(O)C(O)C1O)OC(=O)CCCCCCC/C=C\C/C=C\CCC. The molecule has 1 aliphatic rings. The van der Waals surface area contributed by atoms with Crippen LogP contribution in [0.1, 0.15) is 129 Å². The molecule has 11 heteroatoms. The highest BCUT2D eigenvalue weighted by Gasteiger charge is 2.47. The van der Waals surface area contributed by atoms with Crippen LogP contribution in [-0.2, 0) is 33.3 Å². The van der Waals surface area contributed by atoms with E-state index in [1.165, 1.54) is 0 Å². The lowest BCUT2D eigenvalue weighted by Gasteiger charge is -2.38. The molecule has 6 atom stereocenters. The summed E-state index contributed by atoms with van der Waals surface area (Å²) < 4.78 is 21.6. The largest absolute Gasteiger partial charge is 0.479 e. The van der Waals surface area contributed by atoms with Crippen molar-refractivity contribution in [2.24, 2.45) is 0 Å². The van der Waals surface area contributed by atoms with Crippen LogP contribution in [0, 0.1) is 0 Å². The number of hydrogen-bond donors (Lipinski definition) is 4. The van der Waals surface area contributed by atoms with Crippen LogP contribution in [0.15, 0.2) is 60.8 Å². The minimum absolute atomic E-state index is 0.157. The van der Waals surface area contributed by atoms with Crippen LogP contribution >= 0.6 is 0 Å². The van der Waals surface area contributed by atoms with Crippen LogP contribution in [0.3, 0.4) is 0 Å². The molecule has 0 spiro atoms. The normalized spacial score (nSPS) is 21.6. The minimum atomic E-state index is -1.87. The first-order chi connectivity index (χ1) is 25.2. The van der Waals surface area contributed by atoms with Crippen molar-refractivity contribution < 1.29 is 53.8 Å². The van der Waals surface area contributed by atoms with Crippen LogP contribution in [0.4, 0.5) is 0 Å². The lowest BCUT2D eigenvalue weighted by Crippen LogP contribution is -2.60. The van der Waals surface area contributed by atoms with E-state index < -0.39 is 61.3 Å². The molecule has 1 fully saturated rings. The van der Waals surface area contributed by atoms with Crippen LogP contribution in [0.2, 0.25) is 0 Å². The molecule has 0 saturated carbocycles. The Morgan fingerprint density at radius 2 is 1.13 bits per heavy atom. The summed E-state index contributed by atoms with van der Waals surface area (Å²) in [6, 6.07) is 0. The zero-order valence-electron chi connectivity index (χ0n) is 31.5. The van der Waals surface area contributed by atoms with Gasteiger partial charge in [-0.3, -0.25) is 9.59 Å². The van der Waals surface area contributed by atoms with Crippen molar-refractivity contribution >= 4 is 17.9 Å². The second-order valence-electron chi connectivity index (χ2n) is 13.0. The smallest absolute Gasteiger partial charge is 0.335 e. The lowest BCUT2D eigenvalue weighted by molar-refractivity contribution is -0.298. The van der Waals surface area contributed by atoms with Gasteiger partial charge in [0.2, 0.25) is 0 Å². The number of hydrogen-bond acceptors (Lipinski definition) is 10. The Morgan fingerprint density at radius 1 is 0.615 bits per heavy atom. The van der Waals surface area contributed by atoms with Crippen molar-refractivity contribution in [3.8, 4) is 0 Å². The zero-order chi connectivity index (χ0) is 38.2. The molecule has 0 amide bonds. The van der Waals surface area contributed by atoms with Crippen molar-refractivity contribution in [1.82, 2.24) is 0 Å². The maximum Gasteiger partial charge on any atom is 0.335 e. The summed E-state index contributed by atoms with van der Waals surface area (Å²) in [4.78, 5) is 36.6. The third-order valence-electron chi connectivity index (χ3n) is 8.33. The number of aliphatic hydroxyl groups excluding tert-OH is 3. The summed E-state index contributed by atoms with van der Waals surface area (Å²) in [5, 5.41) is 39.6. The van der Waals surface area contributed by atoms with E-state index in [1.807, 2.05) is 0 Å². The molecule has 6 unspecified atom stereocenters. The average Bonchev–Trinajstić information content (AvgIpc) is 3.12. The fourth-order valence-corrected chi connectivity index (χ4v) is 5.28. The molecule has 4 N–H and O–H groups in total. The molecule has 1 aliphatic heterocycles. The molecular weight excluding hydrogens is 668 g/mol. The van der Waals surface area contributed by atoms with Crippen molar-refractivity contribution in [3.05, 3.63) is 60.8 Å². The summed E-state index contributed by atoms with van der Waals surface area (Å²) in [6.07, 6.45) is 27.1. The van der Waals surface area contributed by atoms with Gasteiger partial charge >= 0.3 is 17.9 Å². The molecule has 0 radical (unpaired) electrons. The Morgan fingerprint density at radius 3 is 1.73 bits per heavy atom. The van der Waals surface area contributed by atoms with E-state index >= 15 is 0 Å². The number of aliphatic carboxylic acids is 1. The number of aliphatic hydroxyl groups is 3. The highest BCUT2D eigenvalue weighted by atomic mass is 16.7. The van der Waals surface area contributed by atoms with Gasteiger partial charge in [0, 0.05) is 12.8 Å². The number of ether oxygens (including phenoxy) is 4. The molecule has 11 nitrogen and oxygen atoms in total. The minimum Gasteiger partial charge on any atom is -0.479 e. The van der Waals surface area contributed by atoms with Gasteiger partial charge in [0.25, 0.3) is 0 Å². The first kappa shape index (κ1) is 46.9. The van der Waals surface area contributed by atoms with Gasteiger partial charge in [-0.2, -0.15) is 0 Å². The lowest BCUT2D eigenvalue weighted by atomic mass is 9.99. The number of carboxylic acid groups (broad SMARTS) is 1. The molecular formula is C41H66O11. The molecule has 1 heterocycles. The highest BCUT2D eigenvalue weighted by molar-refractivity contribution is 5.73. The van der Waals surface area contributed by atoms with E-state index in [2.05, 4.69) is 74.6 Å². The predicted octanol–water partition coefficient (Wildman–Crippen LogP) is 7.19. The maximum atomic E-state index is 12.7. The summed E-state index contributed by atoms with van der Waals surface area (Å²) in [5.41, 5.74) is 0. The second kappa shape index (κ2) is 31.4. The van der Waals surface area contributed by atoms with E-state index in [-0.39, 0.29) is 19.4 Å². The summed E-state index contributed by atoms with van der Waals surface area (Å²) in [7, 11) is 0. The maximum absolute atomic E-state index is 12.7. The first-order valence-corrected chi connectivity index (χ1v) is 19.3. The van der Waals surface area contributed by atoms with Crippen molar-refractivity contribution in [2.45, 2.75) is 166 Å². The fourth-order valence-electron chi connectivity index (χ4n) is 5.28. The van der Waals surface area contributed by atoms with E-state index in [4.69, 9.17) is 18.9 Å². The van der Waals surface area contributed by atoms with Gasteiger partial charge in [-0.25, -0.2) is 4.79 Å². The van der Waals surface area contributed by atoms with Crippen molar-refractivity contribution in [1.29, 1.82) is 0 Å². The van der Waals surface area contributed by atoms with E-state index in [0.717, 1.165) is 89.9 Å². The topological polar surface area (TPSA) is 169 Å². The van der Waals surface area contributed by atoms with Crippen LogP contribution in [0.25, 0.3) is 0 Å². The summed E-state index contributed by atoms with van der Waals surface area (Å²) in [6.45, 7) is 3.56. The van der Waals surface area contributed by atoms with Crippen LogP contribution < -0.4 is 0 Å². The second-order valence-corrected chi connectivity index (χ2v) is 13.0. The van der Waals surface area contributed by atoms with Gasteiger partial charge in [-0.15, -0.1) is 0 Å². The number of allylic oxidation sites excluding steroid dienone is 10. The monoisotopic (exact) mass is 734 g/mol. The number of carbonyl (C=O) groups excluding carboxylic acids is 2. The molecule has 52 heavy (non-hydrogen) atoms. The van der Waals surface area contributed by atoms with Crippen molar-refractivity contribution in [3.63, 3.8) is 0 Å². The number of carboxylic acids is 1. The predicted molar refractivity (Wildman–Crippen MR) is 201 cm³/mol. The average molecular weight is 735 g/mol. The summed E-state index contributed by atoms with van der Waals surface area (Å²) >= 11 is 0.